The minimum Gasteiger partial charge on any atom is -0.497 e. The Morgan fingerprint density at radius 3 is 3.00 bits per heavy atom. The van der Waals surface area contributed by atoms with Crippen LogP contribution in [0.5, 0.6) is 5.75 Å². The molecule has 1 unspecified atom stereocenters. The van der Waals surface area contributed by atoms with Crippen molar-refractivity contribution in [2.45, 2.75) is 32.2 Å². The summed E-state index contributed by atoms with van der Waals surface area (Å²) in [5.41, 5.74) is 2.64. The average Bonchev–Trinajstić information content (AvgIpc) is 2.35. The summed E-state index contributed by atoms with van der Waals surface area (Å²) in [6, 6.07) is 6.84. The molecule has 0 saturated heterocycles. The molecule has 3 heteroatoms. The first-order valence-corrected chi connectivity index (χ1v) is 6.36. The van der Waals surface area contributed by atoms with Crippen LogP contribution in [0, 0.1) is 0 Å². The molecular formula is C14H22N2O. The highest BCUT2D eigenvalue weighted by Gasteiger charge is 2.20. The van der Waals surface area contributed by atoms with Crippen LogP contribution in [0.2, 0.25) is 0 Å². The molecule has 0 spiro atoms. The molecular weight excluding hydrogens is 212 g/mol. The van der Waals surface area contributed by atoms with Crippen molar-refractivity contribution in [1.82, 2.24) is 5.32 Å². The largest absolute Gasteiger partial charge is 0.497 e. The Labute approximate surface area is 104 Å². The zero-order chi connectivity index (χ0) is 12.3. The van der Waals surface area contributed by atoms with Gasteiger partial charge in [-0.1, -0.05) is 13.8 Å². The molecule has 2 N–H and O–H groups in total. The fourth-order valence-electron chi connectivity index (χ4n) is 2.29. The fraction of sp³-hybridized carbons (Fsp3) is 0.571. The number of benzene rings is 1. The van der Waals surface area contributed by atoms with Crippen LogP contribution in [0.15, 0.2) is 18.2 Å². The summed E-state index contributed by atoms with van der Waals surface area (Å²) in [6.07, 6.45) is 1.18. The van der Waals surface area contributed by atoms with E-state index in [9.17, 15) is 0 Å². The van der Waals surface area contributed by atoms with E-state index >= 15 is 0 Å². The zero-order valence-electron chi connectivity index (χ0n) is 10.9. The topological polar surface area (TPSA) is 33.3 Å². The van der Waals surface area contributed by atoms with Gasteiger partial charge in [-0.15, -0.1) is 0 Å². The maximum absolute atomic E-state index is 5.31. The molecule has 0 amide bonds. The molecule has 1 heterocycles. The first-order valence-electron chi connectivity index (χ1n) is 6.36. The van der Waals surface area contributed by atoms with E-state index in [0.29, 0.717) is 12.0 Å². The average molecular weight is 234 g/mol. The predicted molar refractivity (Wildman–Crippen MR) is 72.0 cm³/mol. The summed E-state index contributed by atoms with van der Waals surface area (Å²) in [6.45, 7) is 6.48. The third-order valence-electron chi connectivity index (χ3n) is 3.28. The predicted octanol–water partition coefficient (Wildman–Crippen LogP) is 2.59. The van der Waals surface area contributed by atoms with Gasteiger partial charge in [0.15, 0.2) is 0 Å². The molecule has 0 bridgehead atoms. The van der Waals surface area contributed by atoms with Crippen LogP contribution in [-0.4, -0.2) is 26.2 Å². The molecule has 0 saturated carbocycles. The molecule has 0 radical (unpaired) electrons. The first kappa shape index (κ1) is 12.2. The van der Waals surface area contributed by atoms with Crippen molar-refractivity contribution in [2.75, 3.05) is 25.5 Å². The lowest BCUT2D eigenvalue weighted by atomic mass is 9.90. The Morgan fingerprint density at radius 2 is 2.29 bits per heavy atom. The Hall–Kier alpha value is -1.22. The first-order chi connectivity index (χ1) is 8.20. The maximum atomic E-state index is 5.31. The van der Waals surface area contributed by atoms with E-state index < -0.39 is 0 Å². The third kappa shape index (κ3) is 2.91. The lowest BCUT2D eigenvalue weighted by molar-refractivity contribution is 0.413. The van der Waals surface area contributed by atoms with Crippen molar-refractivity contribution in [1.29, 1.82) is 0 Å². The minimum absolute atomic E-state index is 0.541. The number of fused-ring (bicyclic) bond motifs is 1. The molecule has 94 valence electrons. The van der Waals surface area contributed by atoms with Crippen molar-refractivity contribution in [2.24, 2.45) is 0 Å². The Kier molecular flexibility index (Phi) is 3.89. The maximum Gasteiger partial charge on any atom is 0.119 e. The van der Waals surface area contributed by atoms with Crippen LogP contribution < -0.4 is 15.4 Å². The standard InChI is InChI=1S/C14H22N2O/c1-10(2)16-9-11-6-7-15-14-5-4-12(17-3)8-13(11)14/h4-5,8,10-11,15-16H,6-7,9H2,1-3H3. The summed E-state index contributed by atoms with van der Waals surface area (Å²) >= 11 is 0. The van der Waals surface area contributed by atoms with Crippen LogP contribution in [0.25, 0.3) is 0 Å². The van der Waals surface area contributed by atoms with Crippen LogP contribution in [0.4, 0.5) is 5.69 Å². The summed E-state index contributed by atoms with van der Waals surface area (Å²) in [7, 11) is 1.72. The second-order valence-electron chi connectivity index (χ2n) is 4.93. The molecule has 1 aromatic rings. The summed E-state index contributed by atoms with van der Waals surface area (Å²) in [4.78, 5) is 0. The Balaban J connectivity index is 2.16. The van der Waals surface area contributed by atoms with Gasteiger partial charge in [0.2, 0.25) is 0 Å². The monoisotopic (exact) mass is 234 g/mol. The number of hydrogen-bond donors (Lipinski definition) is 2. The van der Waals surface area contributed by atoms with Gasteiger partial charge in [-0.05, 0) is 30.2 Å². The van der Waals surface area contributed by atoms with E-state index in [-0.39, 0.29) is 0 Å². The highest BCUT2D eigenvalue weighted by molar-refractivity contribution is 5.57. The van der Waals surface area contributed by atoms with Crippen molar-refractivity contribution < 1.29 is 4.74 Å². The third-order valence-corrected chi connectivity index (χ3v) is 3.28. The van der Waals surface area contributed by atoms with Crippen LogP contribution in [0.3, 0.4) is 0 Å². The van der Waals surface area contributed by atoms with Crippen molar-refractivity contribution in [3.63, 3.8) is 0 Å². The van der Waals surface area contributed by atoms with E-state index in [2.05, 4.69) is 36.6 Å². The van der Waals surface area contributed by atoms with Crippen molar-refractivity contribution in [3.8, 4) is 5.75 Å². The summed E-state index contributed by atoms with van der Waals surface area (Å²) in [5.74, 6) is 1.53. The molecule has 1 aromatic carbocycles. The molecule has 3 nitrogen and oxygen atoms in total. The van der Waals surface area contributed by atoms with Gasteiger partial charge in [-0.3, -0.25) is 0 Å². The Bertz CT molecular complexity index is 376. The van der Waals surface area contributed by atoms with Gasteiger partial charge < -0.3 is 15.4 Å². The molecule has 0 aliphatic carbocycles. The van der Waals surface area contributed by atoms with Gasteiger partial charge in [0.1, 0.15) is 5.75 Å². The second-order valence-corrected chi connectivity index (χ2v) is 4.93. The Morgan fingerprint density at radius 1 is 1.47 bits per heavy atom. The van der Waals surface area contributed by atoms with Gasteiger partial charge in [-0.25, -0.2) is 0 Å². The number of methoxy groups -OCH3 is 1. The van der Waals surface area contributed by atoms with Crippen molar-refractivity contribution >= 4 is 5.69 Å². The van der Waals surface area contributed by atoms with E-state index in [4.69, 9.17) is 4.74 Å². The van der Waals surface area contributed by atoms with Crippen LogP contribution in [-0.2, 0) is 0 Å². The quantitative estimate of drug-likeness (QED) is 0.840. The van der Waals surface area contributed by atoms with E-state index in [1.807, 2.05) is 6.07 Å². The van der Waals surface area contributed by atoms with Crippen LogP contribution in [0.1, 0.15) is 31.7 Å². The minimum atomic E-state index is 0.541. The number of rotatable bonds is 4. The SMILES string of the molecule is COc1ccc2c(c1)C(CNC(C)C)CCN2. The molecule has 17 heavy (non-hydrogen) atoms. The zero-order valence-corrected chi connectivity index (χ0v) is 10.9. The normalized spacial score (nSPS) is 18.7. The van der Waals surface area contributed by atoms with Crippen molar-refractivity contribution in [3.05, 3.63) is 23.8 Å². The fourth-order valence-corrected chi connectivity index (χ4v) is 2.29. The van der Waals surface area contributed by atoms with E-state index in [1.165, 1.54) is 17.7 Å². The lowest BCUT2D eigenvalue weighted by Gasteiger charge is -2.28. The van der Waals surface area contributed by atoms with Gasteiger partial charge in [0.05, 0.1) is 7.11 Å². The van der Waals surface area contributed by atoms with Gasteiger partial charge in [0.25, 0.3) is 0 Å². The molecule has 0 aromatic heterocycles. The molecule has 2 rings (SSSR count). The molecule has 1 aliphatic rings. The lowest BCUT2D eigenvalue weighted by Crippen LogP contribution is -2.31. The number of anilines is 1. The molecule has 1 aliphatic heterocycles. The van der Waals surface area contributed by atoms with Gasteiger partial charge >= 0.3 is 0 Å². The number of ether oxygens (including phenoxy) is 1. The smallest absolute Gasteiger partial charge is 0.119 e. The summed E-state index contributed by atoms with van der Waals surface area (Å²) in [5, 5.41) is 6.97. The molecule has 0 fully saturated rings. The van der Waals surface area contributed by atoms with Gasteiger partial charge in [-0.2, -0.15) is 0 Å². The number of nitrogens with one attached hydrogen (secondary N) is 2. The highest BCUT2D eigenvalue weighted by Crippen LogP contribution is 2.33. The van der Waals surface area contributed by atoms with Crippen LogP contribution >= 0.6 is 0 Å². The van der Waals surface area contributed by atoms with E-state index in [1.54, 1.807) is 7.11 Å². The summed E-state index contributed by atoms with van der Waals surface area (Å²) < 4.78 is 5.31. The second kappa shape index (κ2) is 5.41. The van der Waals surface area contributed by atoms with E-state index in [0.717, 1.165) is 18.8 Å². The molecule has 1 atom stereocenters. The number of hydrogen-bond acceptors (Lipinski definition) is 3. The van der Waals surface area contributed by atoms with Gasteiger partial charge in [0, 0.05) is 30.7 Å². The highest BCUT2D eigenvalue weighted by atomic mass is 16.5.